The molecular weight excluding hydrogens is 384 g/mol. The van der Waals surface area contributed by atoms with E-state index in [9.17, 15) is 9.59 Å². The molecule has 0 unspecified atom stereocenters. The standard InChI is InChI=1S/C22H28N4O2S/c23-20(27)16-4-6-17(7-5-16)21-24-19(15-29-21)14-25-12-8-18(9-13-25)22(28)26-10-2-1-3-11-26/h4-7,15,18H,1-3,8-14H2,(H2,23,27). The summed E-state index contributed by atoms with van der Waals surface area (Å²) in [5.41, 5.74) is 7.86. The summed E-state index contributed by atoms with van der Waals surface area (Å²) in [6, 6.07) is 7.26. The number of amides is 2. The molecule has 154 valence electrons. The molecule has 0 radical (unpaired) electrons. The zero-order valence-electron chi connectivity index (χ0n) is 16.7. The molecule has 2 N–H and O–H groups in total. The van der Waals surface area contributed by atoms with Gasteiger partial charge in [-0.05, 0) is 57.3 Å². The first-order chi connectivity index (χ1) is 14.1. The number of likely N-dealkylation sites (tertiary alicyclic amines) is 2. The van der Waals surface area contributed by atoms with E-state index in [-0.39, 0.29) is 5.92 Å². The Bertz CT molecular complexity index is 850. The van der Waals surface area contributed by atoms with Crippen molar-refractivity contribution < 1.29 is 9.59 Å². The molecule has 2 aliphatic heterocycles. The lowest BCUT2D eigenvalue weighted by atomic mass is 9.94. The molecule has 0 bridgehead atoms. The molecule has 1 aromatic heterocycles. The molecule has 2 aliphatic rings. The third kappa shape index (κ3) is 4.85. The highest BCUT2D eigenvalue weighted by Crippen LogP contribution is 2.26. The number of rotatable bonds is 5. The summed E-state index contributed by atoms with van der Waals surface area (Å²) in [5.74, 6) is 0.150. The van der Waals surface area contributed by atoms with Gasteiger partial charge < -0.3 is 10.6 Å². The third-order valence-electron chi connectivity index (χ3n) is 5.96. The number of piperidine rings is 2. The summed E-state index contributed by atoms with van der Waals surface area (Å²) in [4.78, 5) is 33.2. The minimum atomic E-state index is -0.418. The molecule has 1 aromatic carbocycles. The lowest BCUT2D eigenvalue weighted by molar-refractivity contribution is -0.138. The number of hydrogen-bond acceptors (Lipinski definition) is 5. The normalized spacial score (nSPS) is 18.7. The smallest absolute Gasteiger partial charge is 0.248 e. The van der Waals surface area contributed by atoms with Crippen molar-refractivity contribution in [2.75, 3.05) is 26.2 Å². The zero-order valence-corrected chi connectivity index (χ0v) is 17.5. The van der Waals surface area contributed by atoms with Gasteiger partial charge >= 0.3 is 0 Å². The van der Waals surface area contributed by atoms with Crippen LogP contribution in [0.4, 0.5) is 0 Å². The maximum Gasteiger partial charge on any atom is 0.248 e. The molecule has 7 heteroatoms. The Balaban J connectivity index is 1.30. The average Bonchev–Trinajstić information content (AvgIpc) is 3.23. The van der Waals surface area contributed by atoms with Crippen molar-refractivity contribution in [1.29, 1.82) is 0 Å². The van der Waals surface area contributed by atoms with Crippen LogP contribution in [-0.2, 0) is 11.3 Å². The highest BCUT2D eigenvalue weighted by atomic mass is 32.1. The third-order valence-corrected chi connectivity index (χ3v) is 6.90. The first-order valence-electron chi connectivity index (χ1n) is 10.5. The first-order valence-corrected chi connectivity index (χ1v) is 11.3. The van der Waals surface area contributed by atoms with Crippen molar-refractivity contribution in [1.82, 2.24) is 14.8 Å². The van der Waals surface area contributed by atoms with E-state index in [0.717, 1.165) is 74.7 Å². The Hall–Kier alpha value is -2.25. The van der Waals surface area contributed by atoms with Crippen LogP contribution >= 0.6 is 11.3 Å². The second-order valence-corrected chi connectivity index (χ2v) is 8.88. The Morgan fingerprint density at radius 2 is 1.72 bits per heavy atom. The molecule has 0 saturated carbocycles. The van der Waals surface area contributed by atoms with Crippen molar-refractivity contribution in [3.63, 3.8) is 0 Å². The molecule has 0 spiro atoms. The molecule has 0 atom stereocenters. The number of carbonyl (C=O) groups is 2. The maximum atomic E-state index is 12.7. The lowest BCUT2D eigenvalue weighted by Crippen LogP contribution is -2.44. The van der Waals surface area contributed by atoms with Crippen LogP contribution < -0.4 is 5.73 Å². The average molecular weight is 413 g/mol. The summed E-state index contributed by atoms with van der Waals surface area (Å²) in [6.45, 7) is 4.61. The van der Waals surface area contributed by atoms with Crippen LogP contribution in [0.5, 0.6) is 0 Å². The number of benzene rings is 1. The minimum absolute atomic E-state index is 0.194. The lowest BCUT2D eigenvalue weighted by Gasteiger charge is -2.35. The van der Waals surface area contributed by atoms with E-state index in [1.54, 1.807) is 23.5 Å². The van der Waals surface area contributed by atoms with Gasteiger partial charge in [-0.2, -0.15) is 0 Å². The van der Waals surface area contributed by atoms with E-state index in [1.165, 1.54) is 6.42 Å². The quantitative estimate of drug-likeness (QED) is 0.818. The van der Waals surface area contributed by atoms with Crippen molar-refractivity contribution >= 4 is 23.2 Å². The van der Waals surface area contributed by atoms with E-state index in [2.05, 4.69) is 15.2 Å². The Morgan fingerprint density at radius 1 is 1.03 bits per heavy atom. The molecule has 0 aliphatic carbocycles. The molecule has 29 heavy (non-hydrogen) atoms. The van der Waals surface area contributed by atoms with Gasteiger partial charge in [-0.15, -0.1) is 11.3 Å². The molecule has 2 aromatic rings. The number of hydrogen-bond donors (Lipinski definition) is 1. The second kappa shape index (κ2) is 9.05. The number of aromatic nitrogens is 1. The summed E-state index contributed by atoms with van der Waals surface area (Å²) < 4.78 is 0. The van der Waals surface area contributed by atoms with Crippen LogP contribution in [0, 0.1) is 5.92 Å². The molecule has 4 rings (SSSR count). The highest BCUT2D eigenvalue weighted by molar-refractivity contribution is 7.13. The van der Waals surface area contributed by atoms with Crippen LogP contribution in [0.3, 0.4) is 0 Å². The van der Waals surface area contributed by atoms with Crippen molar-refractivity contribution in [3.8, 4) is 10.6 Å². The molecular formula is C22H28N4O2S. The van der Waals surface area contributed by atoms with Gasteiger partial charge in [0.2, 0.25) is 11.8 Å². The molecule has 6 nitrogen and oxygen atoms in total. The summed E-state index contributed by atoms with van der Waals surface area (Å²) in [7, 11) is 0. The number of thiazole rings is 1. The van der Waals surface area contributed by atoms with Crippen molar-refractivity contribution in [2.45, 2.75) is 38.6 Å². The van der Waals surface area contributed by atoms with Gasteiger partial charge in [0.05, 0.1) is 5.69 Å². The maximum absolute atomic E-state index is 12.7. The number of primary amides is 1. The Labute approximate surface area is 175 Å². The number of carbonyl (C=O) groups excluding carboxylic acids is 2. The van der Waals surface area contributed by atoms with E-state index < -0.39 is 5.91 Å². The predicted molar refractivity (Wildman–Crippen MR) is 114 cm³/mol. The largest absolute Gasteiger partial charge is 0.366 e. The molecule has 2 fully saturated rings. The SMILES string of the molecule is NC(=O)c1ccc(-c2nc(CN3CCC(C(=O)N4CCCCC4)CC3)cs2)cc1. The summed E-state index contributed by atoms with van der Waals surface area (Å²) >= 11 is 1.61. The van der Waals surface area contributed by atoms with Gasteiger partial charge in [0.25, 0.3) is 0 Å². The second-order valence-electron chi connectivity index (χ2n) is 8.02. The van der Waals surface area contributed by atoms with Crippen molar-refractivity contribution in [3.05, 3.63) is 40.9 Å². The minimum Gasteiger partial charge on any atom is -0.366 e. The van der Waals surface area contributed by atoms with Gasteiger partial charge in [0.1, 0.15) is 5.01 Å². The summed E-state index contributed by atoms with van der Waals surface area (Å²) in [5, 5.41) is 3.05. The predicted octanol–water partition coefficient (Wildman–Crippen LogP) is 3.13. The Kier molecular flexibility index (Phi) is 6.25. The van der Waals surface area contributed by atoms with E-state index in [0.29, 0.717) is 11.5 Å². The fourth-order valence-electron chi connectivity index (χ4n) is 4.23. The van der Waals surface area contributed by atoms with Gasteiger partial charge in [0.15, 0.2) is 0 Å². The topological polar surface area (TPSA) is 79.5 Å². The van der Waals surface area contributed by atoms with Crippen molar-refractivity contribution in [2.24, 2.45) is 11.7 Å². The zero-order chi connectivity index (χ0) is 20.2. The van der Waals surface area contributed by atoms with E-state index >= 15 is 0 Å². The Morgan fingerprint density at radius 3 is 2.38 bits per heavy atom. The van der Waals surface area contributed by atoms with Gasteiger partial charge in [-0.3, -0.25) is 14.5 Å². The van der Waals surface area contributed by atoms with Gasteiger partial charge in [-0.1, -0.05) is 12.1 Å². The van der Waals surface area contributed by atoms with Crippen LogP contribution in [0.25, 0.3) is 10.6 Å². The van der Waals surface area contributed by atoms with E-state index in [1.807, 2.05) is 12.1 Å². The first kappa shape index (κ1) is 20.0. The molecule has 2 amide bonds. The highest BCUT2D eigenvalue weighted by Gasteiger charge is 2.29. The van der Waals surface area contributed by atoms with Crippen LogP contribution in [0.1, 0.15) is 48.2 Å². The number of nitrogens with zero attached hydrogens (tertiary/aromatic N) is 3. The van der Waals surface area contributed by atoms with E-state index in [4.69, 9.17) is 10.7 Å². The van der Waals surface area contributed by atoms with Gasteiger partial charge in [-0.25, -0.2) is 4.98 Å². The van der Waals surface area contributed by atoms with Crippen LogP contribution in [0.2, 0.25) is 0 Å². The fraction of sp³-hybridized carbons (Fsp3) is 0.500. The molecule has 2 saturated heterocycles. The van der Waals surface area contributed by atoms with Crippen LogP contribution in [0.15, 0.2) is 29.6 Å². The molecule has 3 heterocycles. The number of nitrogens with two attached hydrogens (primary N) is 1. The van der Waals surface area contributed by atoms with Crippen LogP contribution in [-0.4, -0.2) is 52.8 Å². The summed E-state index contributed by atoms with van der Waals surface area (Å²) in [6.07, 6.45) is 5.46. The van der Waals surface area contributed by atoms with Gasteiger partial charge in [0, 0.05) is 42.1 Å². The fourth-order valence-corrected chi connectivity index (χ4v) is 5.05. The monoisotopic (exact) mass is 412 g/mol.